The van der Waals surface area contributed by atoms with Crippen molar-refractivity contribution in [2.45, 2.75) is 52.6 Å². The average molecular weight is 188 g/mol. The van der Waals surface area contributed by atoms with Crippen molar-refractivity contribution in [2.24, 2.45) is 22.8 Å². The van der Waals surface area contributed by atoms with E-state index in [1.165, 1.54) is 5.12 Å². The van der Waals surface area contributed by atoms with Crippen molar-refractivity contribution in [3.63, 3.8) is 0 Å². The van der Waals surface area contributed by atoms with Gasteiger partial charge in [-0.3, -0.25) is 11.7 Å². The molecule has 0 bridgehead atoms. The zero-order chi connectivity index (χ0) is 11.1. The molecule has 0 saturated heterocycles. The van der Waals surface area contributed by atoms with Crippen molar-refractivity contribution in [3.8, 4) is 0 Å². The van der Waals surface area contributed by atoms with E-state index in [1.54, 1.807) is 0 Å². The van der Waals surface area contributed by atoms with Crippen LogP contribution in [0.3, 0.4) is 0 Å². The van der Waals surface area contributed by atoms with Crippen LogP contribution in [-0.2, 0) is 0 Å². The minimum atomic E-state index is -0.356. The van der Waals surface area contributed by atoms with Crippen molar-refractivity contribution in [3.05, 3.63) is 0 Å². The molecular weight excluding hydrogens is 164 g/mol. The van der Waals surface area contributed by atoms with E-state index in [0.29, 0.717) is 0 Å². The van der Waals surface area contributed by atoms with Crippen LogP contribution in [0.2, 0.25) is 0 Å². The fraction of sp³-hybridized carbons (Fsp3) is 1.00. The van der Waals surface area contributed by atoms with Crippen molar-refractivity contribution in [1.82, 2.24) is 5.12 Å². The molecule has 0 atom stereocenters. The molecule has 80 valence electrons. The Hall–Kier alpha value is -0.160. The minimum absolute atomic E-state index is 0.191. The van der Waals surface area contributed by atoms with Gasteiger partial charge in [0.2, 0.25) is 0 Å². The maximum Gasteiger partial charge on any atom is 0.0517 e. The van der Waals surface area contributed by atoms with Gasteiger partial charge in [-0.1, -0.05) is 13.8 Å². The number of hydrogen-bond donors (Lipinski definition) is 3. The van der Waals surface area contributed by atoms with Gasteiger partial charge in [-0.15, -0.1) is 0 Å². The lowest BCUT2D eigenvalue weighted by Gasteiger charge is -2.52. The molecule has 0 unspecified atom stereocenters. The van der Waals surface area contributed by atoms with Crippen LogP contribution in [0.4, 0.5) is 0 Å². The van der Waals surface area contributed by atoms with E-state index in [0.717, 1.165) is 0 Å². The first-order chi connectivity index (χ1) is 5.44. The number of hydrazine groups is 2. The van der Waals surface area contributed by atoms with E-state index in [9.17, 15) is 0 Å². The topological polar surface area (TPSA) is 81.3 Å². The molecule has 0 amide bonds. The highest BCUT2D eigenvalue weighted by Gasteiger charge is 2.48. The number of nitrogens with two attached hydrogens (primary N) is 3. The van der Waals surface area contributed by atoms with Crippen molar-refractivity contribution < 1.29 is 0 Å². The first-order valence-corrected chi connectivity index (χ1v) is 4.53. The highest BCUT2D eigenvalue weighted by Crippen LogP contribution is 2.40. The Labute approximate surface area is 81.4 Å². The maximum atomic E-state index is 6.10. The number of hydrogen-bond acceptors (Lipinski definition) is 4. The SMILES string of the molecule is CC(C)(N)C(C)(C)C(C)(C)N(N)N. The van der Waals surface area contributed by atoms with Crippen LogP contribution in [0, 0.1) is 5.41 Å². The largest absolute Gasteiger partial charge is 0.325 e. The van der Waals surface area contributed by atoms with E-state index < -0.39 is 0 Å². The molecule has 4 heteroatoms. The molecule has 6 N–H and O–H groups in total. The molecule has 0 radical (unpaired) electrons. The van der Waals surface area contributed by atoms with Crippen LogP contribution >= 0.6 is 0 Å². The fourth-order valence-electron chi connectivity index (χ4n) is 1.11. The molecule has 13 heavy (non-hydrogen) atoms. The molecule has 0 rings (SSSR count). The summed E-state index contributed by atoms with van der Waals surface area (Å²) in [4.78, 5) is 0. The van der Waals surface area contributed by atoms with E-state index in [2.05, 4.69) is 13.8 Å². The second-order valence-electron chi connectivity index (χ2n) is 5.31. The Bertz CT molecular complexity index is 177. The third kappa shape index (κ3) is 2.02. The third-order valence-electron chi connectivity index (χ3n) is 3.79. The number of nitrogens with zero attached hydrogens (tertiary/aromatic N) is 1. The van der Waals surface area contributed by atoms with Gasteiger partial charge in [-0.25, -0.2) is 0 Å². The van der Waals surface area contributed by atoms with Gasteiger partial charge < -0.3 is 5.73 Å². The monoisotopic (exact) mass is 188 g/mol. The minimum Gasteiger partial charge on any atom is -0.325 e. The second-order valence-corrected chi connectivity index (χ2v) is 5.31. The molecule has 0 aliphatic heterocycles. The molecule has 0 spiro atoms. The summed E-state index contributed by atoms with van der Waals surface area (Å²) in [5.41, 5.74) is 5.21. The van der Waals surface area contributed by atoms with Gasteiger partial charge in [-0.2, -0.15) is 5.12 Å². The Balaban J connectivity index is 5.04. The first-order valence-electron chi connectivity index (χ1n) is 4.53. The molecule has 0 fully saturated rings. The highest BCUT2D eigenvalue weighted by atomic mass is 15.6. The summed E-state index contributed by atoms with van der Waals surface area (Å²) in [6.45, 7) is 12.1. The molecule has 0 aromatic heterocycles. The standard InChI is InChI=1S/C9H24N4/c1-7(2,8(3,4)10)9(5,6)13(11)12/h10-12H2,1-6H3. The summed E-state index contributed by atoms with van der Waals surface area (Å²) < 4.78 is 0. The first kappa shape index (κ1) is 12.8. The lowest BCUT2D eigenvalue weighted by atomic mass is 9.63. The summed E-state index contributed by atoms with van der Waals surface area (Å²) in [7, 11) is 0. The summed E-state index contributed by atoms with van der Waals surface area (Å²) >= 11 is 0. The highest BCUT2D eigenvalue weighted by molar-refractivity contribution is 5.03. The van der Waals surface area contributed by atoms with Crippen molar-refractivity contribution in [2.75, 3.05) is 0 Å². The van der Waals surface area contributed by atoms with Gasteiger partial charge in [0.1, 0.15) is 0 Å². The van der Waals surface area contributed by atoms with E-state index in [1.807, 2.05) is 27.7 Å². The summed E-state index contributed by atoms with van der Waals surface area (Å²) in [6, 6.07) is 0. The fourth-order valence-corrected chi connectivity index (χ4v) is 1.11. The Kier molecular flexibility index (Phi) is 3.16. The molecule has 0 aliphatic rings. The summed E-state index contributed by atoms with van der Waals surface area (Å²) in [6.07, 6.45) is 0. The van der Waals surface area contributed by atoms with Crippen molar-refractivity contribution >= 4 is 0 Å². The third-order valence-corrected chi connectivity index (χ3v) is 3.79. The lowest BCUT2D eigenvalue weighted by Crippen LogP contribution is -2.68. The quantitative estimate of drug-likeness (QED) is 0.447. The van der Waals surface area contributed by atoms with Crippen LogP contribution in [0.25, 0.3) is 0 Å². The molecule has 0 aromatic rings. The van der Waals surface area contributed by atoms with Gasteiger partial charge >= 0.3 is 0 Å². The normalized spacial score (nSPS) is 15.2. The van der Waals surface area contributed by atoms with Crippen LogP contribution < -0.4 is 17.4 Å². The van der Waals surface area contributed by atoms with Crippen LogP contribution in [0.5, 0.6) is 0 Å². The van der Waals surface area contributed by atoms with E-state index >= 15 is 0 Å². The van der Waals surface area contributed by atoms with Crippen LogP contribution in [0.15, 0.2) is 0 Å². The van der Waals surface area contributed by atoms with Crippen LogP contribution in [0.1, 0.15) is 41.5 Å². The van der Waals surface area contributed by atoms with Gasteiger partial charge in [0.25, 0.3) is 0 Å². The van der Waals surface area contributed by atoms with Gasteiger partial charge in [0.15, 0.2) is 0 Å². The molecule has 0 saturated carbocycles. The smallest absolute Gasteiger partial charge is 0.0517 e. The summed E-state index contributed by atoms with van der Waals surface area (Å²) in [5.74, 6) is 11.2. The second kappa shape index (κ2) is 3.20. The molecule has 0 heterocycles. The lowest BCUT2D eigenvalue weighted by molar-refractivity contribution is -0.0309. The summed E-state index contributed by atoms with van der Waals surface area (Å²) in [5, 5.41) is 1.24. The average Bonchev–Trinajstić information content (AvgIpc) is 1.84. The van der Waals surface area contributed by atoms with Crippen molar-refractivity contribution in [1.29, 1.82) is 0 Å². The van der Waals surface area contributed by atoms with Gasteiger partial charge in [0.05, 0.1) is 5.54 Å². The molecule has 4 nitrogen and oxygen atoms in total. The zero-order valence-electron chi connectivity index (χ0n) is 9.68. The predicted octanol–water partition coefficient (Wildman–Crippen LogP) is 0.578. The van der Waals surface area contributed by atoms with Gasteiger partial charge in [0, 0.05) is 11.0 Å². The Morgan fingerprint density at radius 3 is 1.23 bits per heavy atom. The Morgan fingerprint density at radius 2 is 1.15 bits per heavy atom. The van der Waals surface area contributed by atoms with E-state index in [-0.39, 0.29) is 16.5 Å². The van der Waals surface area contributed by atoms with E-state index in [4.69, 9.17) is 17.4 Å². The molecular formula is C9H24N4. The predicted molar refractivity (Wildman–Crippen MR) is 56.3 cm³/mol. The maximum absolute atomic E-state index is 6.10. The molecule has 0 aromatic carbocycles. The Morgan fingerprint density at radius 1 is 0.846 bits per heavy atom. The molecule has 0 aliphatic carbocycles. The number of rotatable bonds is 3. The zero-order valence-corrected chi connectivity index (χ0v) is 9.68. The van der Waals surface area contributed by atoms with Gasteiger partial charge in [-0.05, 0) is 27.7 Å². The van der Waals surface area contributed by atoms with Crippen LogP contribution in [-0.4, -0.2) is 16.2 Å².